The Morgan fingerprint density at radius 3 is 1.62 bits per heavy atom. The molecule has 0 radical (unpaired) electrons. The molecule has 0 fully saturated rings. The van der Waals surface area contributed by atoms with Crippen molar-refractivity contribution in [2.45, 2.75) is 24.5 Å². The molecule has 210 valence electrons. The maximum absolute atomic E-state index is 14.7. The molecule has 0 aliphatic heterocycles. The van der Waals surface area contributed by atoms with Gasteiger partial charge in [-0.3, -0.25) is 4.79 Å². The first-order valence-corrected chi connectivity index (χ1v) is 13.9. The molecule has 42 heavy (non-hydrogen) atoms. The Kier molecular flexibility index (Phi) is 9.10. The Morgan fingerprint density at radius 1 is 0.643 bits per heavy atom. The van der Waals surface area contributed by atoms with Crippen LogP contribution in [-0.2, 0) is 32.8 Å². The number of hydrogen-bond donors (Lipinski definition) is 1. The summed E-state index contributed by atoms with van der Waals surface area (Å²) in [7, 11) is 1.33. The van der Waals surface area contributed by atoms with Gasteiger partial charge in [0.2, 0.25) is 5.91 Å². The van der Waals surface area contributed by atoms with E-state index in [1.165, 1.54) is 7.11 Å². The van der Waals surface area contributed by atoms with E-state index in [4.69, 9.17) is 9.47 Å². The van der Waals surface area contributed by atoms with Gasteiger partial charge in [0.15, 0.2) is 0 Å². The number of methoxy groups -OCH3 is 1. The predicted molar refractivity (Wildman–Crippen MR) is 164 cm³/mol. The fourth-order valence-corrected chi connectivity index (χ4v) is 5.30. The van der Waals surface area contributed by atoms with Crippen molar-refractivity contribution in [1.82, 2.24) is 5.32 Å². The van der Waals surface area contributed by atoms with Gasteiger partial charge in [-0.1, -0.05) is 133 Å². The van der Waals surface area contributed by atoms with Crippen molar-refractivity contribution in [3.63, 3.8) is 0 Å². The summed E-state index contributed by atoms with van der Waals surface area (Å²) in [6.07, 6.45) is 0.232. The van der Waals surface area contributed by atoms with Crippen LogP contribution in [0.3, 0.4) is 0 Å². The van der Waals surface area contributed by atoms with Gasteiger partial charge in [0, 0.05) is 6.42 Å². The van der Waals surface area contributed by atoms with Gasteiger partial charge in [-0.25, -0.2) is 4.79 Å². The summed E-state index contributed by atoms with van der Waals surface area (Å²) in [4.78, 5) is 27.8. The Hall–Kier alpha value is -5.16. The molecule has 0 heterocycles. The highest BCUT2D eigenvalue weighted by Crippen LogP contribution is 2.39. The molecule has 5 heteroatoms. The highest BCUT2D eigenvalue weighted by atomic mass is 16.5. The van der Waals surface area contributed by atoms with E-state index >= 15 is 0 Å². The molecule has 1 amide bonds. The first-order valence-electron chi connectivity index (χ1n) is 13.9. The molecule has 5 rings (SSSR count). The van der Waals surface area contributed by atoms with Crippen LogP contribution in [0, 0.1) is 0 Å². The molecule has 1 N–H and O–H groups in total. The van der Waals surface area contributed by atoms with E-state index in [0.29, 0.717) is 12.4 Å². The predicted octanol–water partition coefficient (Wildman–Crippen LogP) is 6.50. The van der Waals surface area contributed by atoms with Gasteiger partial charge in [0.25, 0.3) is 0 Å². The van der Waals surface area contributed by atoms with Crippen LogP contribution in [0.1, 0.15) is 27.8 Å². The van der Waals surface area contributed by atoms with Crippen LogP contribution in [0.4, 0.5) is 0 Å². The maximum Gasteiger partial charge on any atom is 0.328 e. The van der Waals surface area contributed by atoms with E-state index in [9.17, 15) is 9.59 Å². The summed E-state index contributed by atoms with van der Waals surface area (Å²) >= 11 is 0. The lowest BCUT2D eigenvalue weighted by Crippen LogP contribution is -2.52. The van der Waals surface area contributed by atoms with Crippen LogP contribution in [0.15, 0.2) is 146 Å². The van der Waals surface area contributed by atoms with Gasteiger partial charge < -0.3 is 14.8 Å². The SMILES string of the molecule is COC(=O)[C@H](Cc1cccc(OCc2ccccc2)c1)NC(=O)C(c1ccccc1)(c1ccccc1)c1ccccc1. The van der Waals surface area contributed by atoms with Crippen molar-refractivity contribution in [2.24, 2.45) is 0 Å². The van der Waals surface area contributed by atoms with Crippen LogP contribution in [0.2, 0.25) is 0 Å². The van der Waals surface area contributed by atoms with E-state index in [1.54, 1.807) is 0 Å². The molecule has 5 aromatic rings. The second-order valence-electron chi connectivity index (χ2n) is 10.0. The first kappa shape index (κ1) is 28.4. The average Bonchev–Trinajstić information content (AvgIpc) is 3.06. The average molecular weight is 556 g/mol. The number of amides is 1. The van der Waals surface area contributed by atoms with Crippen LogP contribution in [0.25, 0.3) is 0 Å². The molecule has 1 atom stereocenters. The molecular weight excluding hydrogens is 522 g/mol. The maximum atomic E-state index is 14.7. The number of rotatable bonds is 11. The van der Waals surface area contributed by atoms with E-state index < -0.39 is 17.4 Å². The molecule has 5 aromatic carbocycles. The smallest absolute Gasteiger partial charge is 0.328 e. The molecule has 5 nitrogen and oxygen atoms in total. The fourth-order valence-electron chi connectivity index (χ4n) is 5.30. The summed E-state index contributed by atoms with van der Waals surface area (Å²) in [5.74, 6) is -0.168. The lowest BCUT2D eigenvalue weighted by Gasteiger charge is -2.35. The zero-order chi connectivity index (χ0) is 29.2. The molecule has 0 spiro atoms. The summed E-state index contributed by atoms with van der Waals surface area (Å²) in [6.45, 7) is 0.426. The number of ether oxygens (including phenoxy) is 2. The Morgan fingerprint density at radius 2 is 1.12 bits per heavy atom. The minimum absolute atomic E-state index is 0.232. The third-order valence-electron chi connectivity index (χ3n) is 7.34. The van der Waals surface area contributed by atoms with Gasteiger partial charge in [0.1, 0.15) is 23.8 Å². The minimum Gasteiger partial charge on any atom is -0.489 e. The van der Waals surface area contributed by atoms with Gasteiger partial charge in [-0.05, 0) is 39.9 Å². The van der Waals surface area contributed by atoms with Gasteiger partial charge >= 0.3 is 5.97 Å². The molecule has 0 saturated carbocycles. The van der Waals surface area contributed by atoms with E-state index in [2.05, 4.69) is 5.32 Å². The molecular formula is C37H33NO4. The molecule has 0 saturated heterocycles. The quantitative estimate of drug-likeness (QED) is 0.149. The zero-order valence-corrected chi connectivity index (χ0v) is 23.5. The molecule has 0 aliphatic rings. The topological polar surface area (TPSA) is 64.6 Å². The summed E-state index contributed by atoms with van der Waals surface area (Å²) in [6, 6.07) is 45.5. The van der Waals surface area contributed by atoms with Gasteiger partial charge in [-0.15, -0.1) is 0 Å². The number of carbonyl (C=O) groups is 2. The highest BCUT2D eigenvalue weighted by molar-refractivity contribution is 5.98. The number of nitrogens with one attached hydrogen (secondary N) is 1. The standard InChI is InChI=1S/C37H33NO4/c1-41-35(39)34(26-29-17-14-24-33(25-29)42-27-28-15-6-2-7-16-28)38-36(40)37(30-18-8-3-9-19-30,31-20-10-4-11-21-31)32-22-12-5-13-23-32/h2-25,34H,26-27H2,1H3,(H,38,40)/t34-/m0/s1. The van der Waals surface area contributed by atoms with Gasteiger partial charge in [0.05, 0.1) is 7.11 Å². The van der Waals surface area contributed by atoms with Crippen molar-refractivity contribution in [3.05, 3.63) is 173 Å². The third-order valence-corrected chi connectivity index (χ3v) is 7.34. The number of esters is 1. The monoisotopic (exact) mass is 555 g/mol. The summed E-state index contributed by atoms with van der Waals surface area (Å²) < 4.78 is 11.2. The minimum atomic E-state index is -1.21. The van der Waals surface area contributed by atoms with Crippen molar-refractivity contribution in [3.8, 4) is 5.75 Å². The molecule has 0 unspecified atom stereocenters. The normalized spacial score (nSPS) is 11.7. The number of benzene rings is 5. The van der Waals surface area contributed by atoms with Crippen molar-refractivity contribution in [2.75, 3.05) is 7.11 Å². The van der Waals surface area contributed by atoms with Gasteiger partial charge in [-0.2, -0.15) is 0 Å². The highest BCUT2D eigenvalue weighted by Gasteiger charge is 2.45. The summed E-state index contributed by atoms with van der Waals surface area (Å²) in [5.41, 5.74) is 3.05. The Labute approximate surface area is 246 Å². The lowest BCUT2D eigenvalue weighted by molar-refractivity contribution is -0.145. The van der Waals surface area contributed by atoms with Crippen molar-refractivity contribution in [1.29, 1.82) is 0 Å². The number of carbonyl (C=O) groups excluding carboxylic acids is 2. The second kappa shape index (κ2) is 13.5. The zero-order valence-electron chi connectivity index (χ0n) is 23.5. The van der Waals surface area contributed by atoms with Crippen LogP contribution in [0.5, 0.6) is 5.75 Å². The van der Waals surface area contributed by atoms with Crippen LogP contribution >= 0.6 is 0 Å². The van der Waals surface area contributed by atoms with Crippen LogP contribution < -0.4 is 10.1 Å². The summed E-state index contributed by atoms with van der Waals surface area (Å²) in [5, 5.41) is 3.08. The first-order chi connectivity index (χ1) is 20.6. The van der Waals surface area contributed by atoms with Crippen LogP contribution in [-0.4, -0.2) is 25.0 Å². The lowest BCUT2D eigenvalue weighted by atomic mass is 9.68. The molecule has 0 aliphatic carbocycles. The Balaban J connectivity index is 1.49. The second-order valence-corrected chi connectivity index (χ2v) is 10.0. The van der Waals surface area contributed by atoms with E-state index in [0.717, 1.165) is 27.8 Å². The largest absolute Gasteiger partial charge is 0.489 e. The molecule has 0 bridgehead atoms. The van der Waals surface area contributed by atoms with Crippen molar-refractivity contribution < 1.29 is 19.1 Å². The van der Waals surface area contributed by atoms with E-state index in [1.807, 2.05) is 146 Å². The van der Waals surface area contributed by atoms with Crippen molar-refractivity contribution >= 4 is 11.9 Å². The van der Waals surface area contributed by atoms with E-state index in [-0.39, 0.29) is 12.3 Å². The molecule has 0 aromatic heterocycles. The number of hydrogen-bond acceptors (Lipinski definition) is 4. The Bertz CT molecular complexity index is 1490. The third kappa shape index (κ3) is 6.26. The fraction of sp³-hybridized carbons (Fsp3) is 0.135.